The summed E-state index contributed by atoms with van der Waals surface area (Å²) in [5.74, 6) is 0.491. The van der Waals surface area contributed by atoms with Gasteiger partial charge < -0.3 is 23.8 Å². The maximum Gasteiger partial charge on any atom is 0.339 e. The first-order valence-electron chi connectivity index (χ1n) is 17.5. The van der Waals surface area contributed by atoms with Crippen molar-refractivity contribution in [3.63, 3.8) is 0 Å². The van der Waals surface area contributed by atoms with E-state index in [0.29, 0.717) is 65.6 Å². The predicted molar refractivity (Wildman–Crippen MR) is 200 cm³/mol. The molecule has 1 aliphatic heterocycles. The smallest absolute Gasteiger partial charge is 0.339 e. The van der Waals surface area contributed by atoms with Gasteiger partial charge in [0.2, 0.25) is 0 Å². The van der Waals surface area contributed by atoms with E-state index < -0.39 is 17.7 Å². The summed E-state index contributed by atoms with van der Waals surface area (Å²) < 4.78 is 40.9. The number of hydrogen-bond acceptors (Lipinski definition) is 8. The van der Waals surface area contributed by atoms with Crippen molar-refractivity contribution in [2.45, 2.75) is 91.1 Å². The van der Waals surface area contributed by atoms with Crippen molar-refractivity contribution in [2.24, 2.45) is 0 Å². The van der Waals surface area contributed by atoms with Crippen molar-refractivity contribution >= 4 is 17.4 Å². The van der Waals surface area contributed by atoms with Crippen LogP contribution < -0.4 is 9.64 Å². The zero-order chi connectivity index (χ0) is 37.1. The Hall–Kier alpha value is -4.54. The number of halogens is 1. The number of hydrogen-bond donors (Lipinski definition) is 0. The van der Waals surface area contributed by atoms with Crippen LogP contribution >= 0.6 is 0 Å². The first-order chi connectivity index (χ1) is 24.2. The normalized spacial score (nSPS) is 15.7. The molecular weight excluding hydrogens is 647 g/mol. The summed E-state index contributed by atoms with van der Waals surface area (Å²) in [6.45, 7) is 22.8. The van der Waals surface area contributed by atoms with E-state index in [0.717, 1.165) is 29.8 Å². The van der Waals surface area contributed by atoms with Gasteiger partial charge in [-0.25, -0.2) is 14.2 Å². The molecule has 2 atom stereocenters. The van der Waals surface area contributed by atoms with Gasteiger partial charge in [0.1, 0.15) is 17.4 Å². The van der Waals surface area contributed by atoms with Gasteiger partial charge in [-0.05, 0) is 90.6 Å². The Labute approximate surface area is 301 Å². The van der Waals surface area contributed by atoms with Gasteiger partial charge in [0.15, 0.2) is 11.8 Å². The molecule has 0 spiro atoms. The molecular formula is C41H51FN4O5. The third-order valence-corrected chi connectivity index (χ3v) is 9.18. The second-order valence-corrected chi connectivity index (χ2v) is 14.5. The summed E-state index contributed by atoms with van der Waals surface area (Å²) in [6.07, 6.45) is 4.57. The van der Waals surface area contributed by atoms with Crippen LogP contribution in [-0.4, -0.2) is 64.7 Å². The Kier molecular flexibility index (Phi) is 11.4. The van der Waals surface area contributed by atoms with Crippen LogP contribution in [-0.2, 0) is 19.0 Å². The lowest BCUT2D eigenvalue weighted by Crippen LogP contribution is -2.45. The summed E-state index contributed by atoms with van der Waals surface area (Å²) >= 11 is 0. The minimum Gasteiger partial charge on any atom is -0.490 e. The Morgan fingerprint density at radius 1 is 1.08 bits per heavy atom. The van der Waals surface area contributed by atoms with Gasteiger partial charge in [-0.1, -0.05) is 30.4 Å². The Morgan fingerprint density at radius 3 is 2.43 bits per heavy atom. The summed E-state index contributed by atoms with van der Waals surface area (Å²) in [5, 5.41) is 5.12. The van der Waals surface area contributed by atoms with E-state index >= 15 is 0 Å². The van der Waals surface area contributed by atoms with Crippen molar-refractivity contribution in [1.82, 2.24) is 14.6 Å². The standard InChI is InChI=1S/C41H51FN4O5/c1-11-14-27(4)50-34-22-26(3)32(42)24-31(34)29-15-13-16-30(23-29)33-25-35-43-28(5)36(37(39(47)48-10)51-40(6,7)8)38(46(35)44-33)45-19-17-41(9,18-20-45)49-21-12-2/h11-13,15-16,22-25,27,37H,1-2,14,17-21H2,3-10H3. The molecule has 51 heavy (non-hydrogen) atoms. The van der Waals surface area contributed by atoms with Crippen LogP contribution in [0.3, 0.4) is 0 Å². The third-order valence-electron chi connectivity index (χ3n) is 9.18. The maximum atomic E-state index is 15.0. The molecule has 4 aromatic rings. The number of aromatic nitrogens is 3. The number of rotatable bonds is 13. The average molecular weight is 699 g/mol. The maximum absolute atomic E-state index is 15.0. The van der Waals surface area contributed by atoms with Crippen molar-refractivity contribution in [2.75, 3.05) is 31.7 Å². The van der Waals surface area contributed by atoms with Gasteiger partial charge in [-0.15, -0.1) is 13.2 Å². The van der Waals surface area contributed by atoms with Crippen LogP contribution in [0.4, 0.5) is 10.2 Å². The molecule has 1 fully saturated rings. The molecule has 10 heteroatoms. The van der Waals surface area contributed by atoms with Gasteiger partial charge in [-0.3, -0.25) is 0 Å². The monoisotopic (exact) mass is 698 g/mol. The van der Waals surface area contributed by atoms with E-state index in [-0.39, 0.29) is 17.5 Å². The minimum atomic E-state index is -1.04. The lowest BCUT2D eigenvalue weighted by molar-refractivity contribution is -0.164. The van der Waals surface area contributed by atoms with Gasteiger partial charge in [-0.2, -0.15) is 9.61 Å². The molecule has 2 aromatic heterocycles. The summed E-state index contributed by atoms with van der Waals surface area (Å²) in [5.41, 5.74) is 4.31. The number of nitrogens with zero attached hydrogens (tertiary/aromatic N) is 4. The predicted octanol–water partition coefficient (Wildman–Crippen LogP) is 8.75. The van der Waals surface area contributed by atoms with Gasteiger partial charge >= 0.3 is 5.97 Å². The van der Waals surface area contributed by atoms with Crippen molar-refractivity contribution in [3.8, 4) is 28.1 Å². The van der Waals surface area contributed by atoms with E-state index in [1.807, 2.05) is 71.0 Å². The van der Waals surface area contributed by atoms with Crippen molar-refractivity contribution in [3.05, 3.63) is 90.4 Å². The molecule has 0 radical (unpaired) electrons. The lowest BCUT2D eigenvalue weighted by Gasteiger charge is -2.41. The molecule has 5 rings (SSSR count). The Bertz CT molecular complexity index is 1900. The van der Waals surface area contributed by atoms with E-state index in [1.54, 1.807) is 23.6 Å². The number of ether oxygens (including phenoxy) is 4. The van der Waals surface area contributed by atoms with E-state index in [2.05, 4.69) is 25.0 Å². The number of carbonyl (C=O) groups is 1. The van der Waals surface area contributed by atoms with Gasteiger partial charge in [0.05, 0.1) is 42.3 Å². The molecule has 272 valence electrons. The van der Waals surface area contributed by atoms with E-state index in [4.69, 9.17) is 29.0 Å². The minimum absolute atomic E-state index is 0.132. The number of carbonyl (C=O) groups excluding carboxylic acids is 1. The lowest BCUT2D eigenvalue weighted by atomic mass is 9.92. The molecule has 2 aromatic carbocycles. The molecule has 2 unspecified atom stereocenters. The number of esters is 1. The Balaban J connectivity index is 1.65. The number of fused-ring (bicyclic) bond motifs is 1. The Morgan fingerprint density at radius 2 is 1.78 bits per heavy atom. The zero-order valence-electron chi connectivity index (χ0n) is 31.2. The number of piperidine rings is 1. The van der Waals surface area contributed by atoms with E-state index in [9.17, 15) is 9.18 Å². The van der Waals surface area contributed by atoms with Crippen molar-refractivity contribution in [1.29, 1.82) is 0 Å². The molecule has 1 saturated heterocycles. The molecule has 0 saturated carbocycles. The fraction of sp³-hybridized carbons (Fsp3) is 0.439. The first-order valence-corrected chi connectivity index (χ1v) is 17.5. The molecule has 1 aliphatic rings. The third kappa shape index (κ3) is 8.51. The number of anilines is 1. The average Bonchev–Trinajstić information content (AvgIpc) is 3.51. The van der Waals surface area contributed by atoms with Crippen LogP contribution in [0.15, 0.2) is 67.8 Å². The highest BCUT2D eigenvalue weighted by Gasteiger charge is 2.38. The van der Waals surface area contributed by atoms with Gasteiger partial charge in [0, 0.05) is 42.4 Å². The molecule has 0 aliphatic carbocycles. The van der Waals surface area contributed by atoms with Gasteiger partial charge in [0.25, 0.3) is 0 Å². The fourth-order valence-corrected chi connectivity index (χ4v) is 6.47. The van der Waals surface area contributed by atoms with E-state index in [1.165, 1.54) is 13.2 Å². The van der Waals surface area contributed by atoms with Crippen LogP contribution in [0.5, 0.6) is 5.75 Å². The fourth-order valence-electron chi connectivity index (χ4n) is 6.47. The molecule has 3 heterocycles. The van der Waals surface area contributed by atoms with Crippen molar-refractivity contribution < 1.29 is 28.1 Å². The topological polar surface area (TPSA) is 87.4 Å². The molecule has 0 amide bonds. The summed E-state index contributed by atoms with van der Waals surface area (Å²) in [7, 11) is 1.36. The highest BCUT2D eigenvalue weighted by Crippen LogP contribution is 2.40. The highest BCUT2D eigenvalue weighted by molar-refractivity contribution is 5.81. The van der Waals surface area contributed by atoms with Crippen LogP contribution in [0.2, 0.25) is 0 Å². The second-order valence-electron chi connectivity index (χ2n) is 14.5. The van der Waals surface area contributed by atoms with Crippen LogP contribution in [0.25, 0.3) is 28.0 Å². The zero-order valence-corrected chi connectivity index (χ0v) is 31.2. The number of methoxy groups -OCH3 is 1. The number of benzene rings is 2. The highest BCUT2D eigenvalue weighted by atomic mass is 19.1. The first kappa shape index (κ1) is 37.7. The largest absolute Gasteiger partial charge is 0.490 e. The molecule has 0 bridgehead atoms. The summed E-state index contributed by atoms with van der Waals surface area (Å²) in [4.78, 5) is 20.6. The second kappa shape index (κ2) is 15.4. The summed E-state index contributed by atoms with van der Waals surface area (Å²) in [6, 6.07) is 13.0. The molecule has 9 nitrogen and oxygen atoms in total. The quantitative estimate of drug-likeness (QED) is 0.101. The number of aryl methyl sites for hydroxylation is 2. The van der Waals surface area contributed by atoms with Crippen LogP contribution in [0.1, 0.15) is 76.8 Å². The SMILES string of the molecule is C=CCOC1(C)CCN(c2c(C(OC(C)(C)C)C(=O)OC)c(C)nc3cc(-c4cccc(-c5cc(F)c(C)cc5OC(C)CC=C)c4)nn23)CC1. The molecule has 0 N–H and O–H groups in total. The van der Waals surface area contributed by atoms with Crippen LogP contribution in [0, 0.1) is 19.7 Å².